The second-order valence-electron chi connectivity index (χ2n) is 19.0. The lowest BCUT2D eigenvalue weighted by molar-refractivity contribution is 0.129. The highest BCUT2D eigenvalue weighted by Crippen LogP contribution is 2.30. The van der Waals surface area contributed by atoms with E-state index in [-0.39, 0.29) is 0 Å². The van der Waals surface area contributed by atoms with E-state index in [4.69, 9.17) is 51.9 Å². The smallest absolute Gasteiger partial charge is 0.317 e. The molecule has 2 saturated heterocycles. The van der Waals surface area contributed by atoms with Gasteiger partial charge in [-0.2, -0.15) is 0 Å². The maximum Gasteiger partial charge on any atom is 0.317 e. The minimum Gasteiger partial charge on any atom is -0.494 e. The molecule has 6 rings (SSSR count). The van der Waals surface area contributed by atoms with Gasteiger partial charge in [-0.1, -0.05) is 73.3 Å². The van der Waals surface area contributed by atoms with E-state index in [1.165, 1.54) is 27.8 Å². The zero-order valence-electron chi connectivity index (χ0n) is 43.1. The molecule has 70 heavy (non-hydrogen) atoms. The summed E-state index contributed by atoms with van der Waals surface area (Å²) in [6, 6.07) is 36.7. The lowest BCUT2D eigenvalue weighted by Crippen LogP contribution is -2.59. The van der Waals surface area contributed by atoms with Crippen molar-refractivity contribution in [3.05, 3.63) is 138 Å². The molecule has 2 heterocycles. The number of hydrogen-bond acceptors (Lipinski definition) is 12. The van der Waals surface area contributed by atoms with Gasteiger partial charge < -0.3 is 51.9 Å². The van der Waals surface area contributed by atoms with Crippen molar-refractivity contribution in [2.75, 3.05) is 33.0 Å². The maximum atomic E-state index is 7.04. The van der Waals surface area contributed by atoms with Gasteiger partial charge in [-0.3, -0.25) is 0 Å². The average Bonchev–Trinajstić information content (AvgIpc) is 3.30. The minimum absolute atomic E-state index is 0.521. The van der Waals surface area contributed by atoms with Crippen LogP contribution in [-0.4, -0.2) is 105 Å². The molecule has 0 saturated carbocycles. The molecule has 384 valence electrons. The van der Waals surface area contributed by atoms with E-state index >= 15 is 0 Å². The van der Waals surface area contributed by atoms with Gasteiger partial charge in [0.05, 0.1) is 13.2 Å². The summed E-state index contributed by atoms with van der Waals surface area (Å²) in [5.74, 6) is 2.61. The van der Waals surface area contributed by atoms with Crippen molar-refractivity contribution >= 4 is 72.1 Å². The lowest BCUT2D eigenvalue weighted by Gasteiger charge is -2.42. The van der Waals surface area contributed by atoms with Gasteiger partial charge in [-0.15, -0.1) is 0 Å². The van der Waals surface area contributed by atoms with Gasteiger partial charge in [0.1, 0.15) is 23.9 Å². The van der Waals surface area contributed by atoms with Crippen LogP contribution in [0, 0.1) is 0 Å². The molecule has 2 fully saturated rings. The van der Waals surface area contributed by atoms with Gasteiger partial charge >= 0.3 is 25.7 Å². The van der Waals surface area contributed by atoms with E-state index in [0.717, 1.165) is 93.4 Å². The molecule has 0 bridgehead atoms. The summed E-state index contributed by atoms with van der Waals surface area (Å²) in [6.07, 6.45) is 9.28. The third-order valence-corrected chi connectivity index (χ3v) is 42.0. The lowest BCUT2D eigenvalue weighted by atomic mass is 10.0. The molecule has 0 aliphatic carbocycles. The Kier molecular flexibility index (Phi) is 23.3. The molecule has 6 atom stereocenters. The molecule has 20 heteroatoms. The number of aryl methyl sites for hydroxylation is 1. The van der Waals surface area contributed by atoms with Crippen LogP contribution < -0.4 is 14.2 Å². The number of ether oxygens (including phenoxy) is 4. The third-order valence-electron chi connectivity index (χ3n) is 12.2. The first-order chi connectivity index (χ1) is 33.7. The van der Waals surface area contributed by atoms with Crippen molar-refractivity contribution in [2.24, 2.45) is 0 Å². The third kappa shape index (κ3) is 20.4. The Morgan fingerprint density at radius 1 is 0.429 bits per heavy atom. The Morgan fingerprint density at radius 2 is 0.786 bits per heavy atom. The Bertz CT molecular complexity index is 2110. The summed E-state index contributed by atoms with van der Waals surface area (Å²) in [5, 5.41) is 0. The van der Waals surface area contributed by atoms with E-state index in [0.29, 0.717) is 26.4 Å². The molecule has 6 unspecified atom stereocenters. The first-order valence-electron chi connectivity index (χ1n) is 25.5. The molecular formula is C50H80O12Si8. The van der Waals surface area contributed by atoms with Gasteiger partial charge in [0.25, 0.3) is 46.4 Å². The zero-order valence-corrected chi connectivity index (χ0v) is 51.9. The maximum absolute atomic E-state index is 7.04. The molecule has 0 aromatic heterocycles. The van der Waals surface area contributed by atoms with Crippen LogP contribution in [0.3, 0.4) is 0 Å². The van der Waals surface area contributed by atoms with Gasteiger partial charge in [-0.05, 0) is 186 Å². The van der Waals surface area contributed by atoms with Crippen molar-refractivity contribution in [3.63, 3.8) is 0 Å². The SMILES string of the molecule is C=CCOc1ccc(Cc2ccc(CCCCOCCC[Si]3(C)O[SiH](C)O[SiH](C)O[Si](C)(CCCOc4ccc(Cc5ccc(OCCC[Si]6(C)O[SiH](C)O[SiH](C)O[SiH](C)O6)cc5)cc4)O3)cc2)cc1. The largest absolute Gasteiger partial charge is 0.494 e. The topological polar surface area (TPSA) is 111 Å². The van der Waals surface area contributed by atoms with Gasteiger partial charge in [0.2, 0.25) is 0 Å². The molecule has 2 aliphatic rings. The fourth-order valence-corrected chi connectivity index (χ4v) is 41.2. The molecule has 4 aromatic rings. The highest BCUT2D eigenvalue weighted by atomic mass is 28.5. The molecule has 12 nitrogen and oxygen atoms in total. The van der Waals surface area contributed by atoms with E-state index in [9.17, 15) is 0 Å². The highest BCUT2D eigenvalue weighted by Gasteiger charge is 2.47. The van der Waals surface area contributed by atoms with Gasteiger partial charge in [0.15, 0.2) is 0 Å². The Hall–Kier alpha value is -2.60. The fraction of sp³-hybridized carbons (Fsp3) is 0.480. The van der Waals surface area contributed by atoms with Crippen molar-refractivity contribution in [1.29, 1.82) is 0 Å². The second kappa shape index (κ2) is 28.7. The number of benzene rings is 4. The van der Waals surface area contributed by atoms with Crippen LogP contribution >= 0.6 is 0 Å². The van der Waals surface area contributed by atoms with Crippen LogP contribution in [0.1, 0.15) is 59.9 Å². The summed E-state index contributed by atoms with van der Waals surface area (Å²) in [4.78, 5) is 0. The van der Waals surface area contributed by atoms with Crippen LogP contribution in [-0.2, 0) is 56.9 Å². The summed E-state index contributed by atoms with van der Waals surface area (Å²) in [5.41, 5.74) is 6.40. The molecular weight excluding hydrogens is 1020 g/mol. The molecule has 4 aromatic carbocycles. The van der Waals surface area contributed by atoms with E-state index in [2.05, 4.69) is 144 Å². The van der Waals surface area contributed by atoms with Crippen LogP contribution in [0.4, 0.5) is 0 Å². The van der Waals surface area contributed by atoms with E-state index in [1.54, 1.807) is 6.08 Å². The monoisotopic (exact) mass is 1100 g/mol. The zero-order chi connectivity index (χ0) is 49.8. The van der Waals surface area contributed by atoms with Crippen LogP contribution in [0.2, 0.25) is 70.5 Å². The van der Waals surface area contributed by atoms with E-state index in [1.807, 2.05) is 12.1 Å². The highest BCUT2D eigenvalue weighted by molar-refractivity contribution is 6.87. The van der Waals surface area contributed by atoms with Crippen molar-refractivity contribution in [2.45, 2.75) is 122 Å². The predicted molar refractivity (Wildman–Crippen MR) is 299 cm³/mol. The minimum atomic E-state index is -2.57. The van der Waals surface area contributed by atoms with Crippen molar-refractivity contribution in [1.82, 2.24) is 0 Å². The summed E-state index contributed by atoms with van der Waals surface area (Å²) >= 11 is 0. The molecule has 2 aliphatic heterocycles. The first-order valence-corrected chi connectivity index (χ1v) is 43.5. The predicted octanol–water partition coefficient (Wildman–Crippen LogP) is 10.0. The van der Waals surface area contributed by atoms with Gasteiger partial charge in [-0.25, -0.2) is 0 Å². The van der Waals surface area contributed by atoms with Crippen molar-refractivity contribution < 1.29 is 51.9 Å². The average molecular weight is 1100 g/mol. The Morgan fingerprint density at radius 3 is 1.24 bits per heavy atom. The van der Waals surface area contributed by atoms with Gasteiger partial charge in [0, 0.05) is 13.2 Å². The van der Waals surface area contributed by atoms with Crippen LogP contribution in [0.5, 0.6) is 17.2 Å². The van der Waals surface area contributed by atoms with Crippen LogP contribution in [0.15, 0.2) is 110 Å². The molecule has 0 amide bonds. The van der Waals surface area contributed by atoms with E-state index < -0.39 is 72.1 Å². The summed E-state index contributed by atoms with van der Waals surface area (Å²) in [7, 11) is -16.3. The molecule has 0 spiro atoms. The Balaban J connectivity index is 0.846. The Labute approximate surface area is 431 Å². The van der Waals surface area contributed by atoms with Crippen molar-refractivity contribution in [3.8, 4) is 17.2 Å². The quantitative estimate of drug-likeness (QED) is 0.0339. The molecule has 0 N–H and O–H groups in total. The number of rotatable bonds is 26. The number of hydrogen-bond donors (Lipinski definition) is 0. The summed E-state index contributed by atoms with van der Waals surface area (Å²) < 4.78 is 75.8. The first kappa shape index (κ1) is 56.7. The molecule has 0 radical (unpaired) electrons. The number of unbranched alkanes of at least 4 members (excludes halogenated alkanes) is 1. The fourth-order valence-electron chi connectivity index (χ4n) is 9.09. The second-order valence-corrected chi connectivity index (χ2v) is 40.8. The van der Waals surface area contributed by atoms with Crippen LogP contribution in [0.25, 0.3) is 0 Å². The summed E-state index contributed by atoms with van der Waals surface area (Å²) in [6.45, 7) is 23.8. The standard InChI is InChI=1S/C50H80O12Si8/c1-10-33-52-48-27-21-45(22-28-48)41-44-19-17-43(18-20-44)16-11-12-34-51-35-13-39-69(8)60-66(5)57-67(6)61-70(9,62-69)40-15-37-54-50-31-25-47(26-32-50)42-46-23-29-49(30-24-46)53-36-14-38-68(7)58-64(3)55-63(2)56-65(4)59-68/h10,17-32,63-67H,1,11-16,33-42H2,2-9H3. The normalized spacial score (nSPS) is 26.3.